The van der Waals surface area contributed by atoms with Crippen molar-refractivity contribution in [3.05, 3.63) is 65.5 Å². The molecule has 1 heterocycles. The van der Waals surface area contributed by atoms with Crippen molar-refractivity contribution in [1.29, 1.82) is 0 Å². The topological polar surface area (TPSA) is 116 Å². The van der Waals surface area contributed by atoms with Crippen molar-refractivity contribution in [3.63, 3.8) is 0 Å². The molecular weight excluding hydrogens is 413 g/mol. The van der Waals surface area contributed by atoms with Crippen LogP contribution in [0.25, 0.3) is 0 Å². The summed E-state index contributed by atoms with van der Waals surface area (Å²) in [5.74, 6) is -1.97. The molecule has 30 heavy (non-hydrogen) atoms. The largest absolute Gasteiger partial charge is 0.481 e. The number of amides is 1. The van der Waals surface area contributed by atoms with Gasteiger partial charge in [-0.05, 0) is 35.4 Å². The monoisotopic (exact) mass is 433 g/mol. The number of rotatable bonds is 7. The first-order valence-electron chi connectivity index (χ1n) is 9.07. The van der Waals surface area contributed by atoms with Gasteiger partial charge in [0.15, 0.2) is 0 Å². The first kappa shape index (κ1) is 21.4. The smallest absolute Gasteiger partial charge is 0.303 e. The van der Waals surface area contributed by atoms with E-state index >= 15 is 0 Å². The maximum absolute atomic E-state index is 13.3. The second kappa shape index (κ2) is 8.62. The number of hydrogen-bond donors (Lipinski definition) is 2. The molecule has 0 radical (unpaired) electrons. The summed E-state index contributed by atoms with van der Waals surface area (Å²) in [5.41, 5.74) is 2.16. The highest BCUT2D eigenvalue weighted by molar-refractivity contribution is 7.92. The zero-order valence-electron chi connectivity index (χ0n) is 16.1. The van der Waals surface area contributed by atoms with Crippen LogP contribution in [0.3, 0.4) is 0 Å². The van der Waals surface area contributed by atoms with Gasteiger partial charge in [0.25, 0.3) is 0 Å². The number of carboxylic acids is 1. The zero-order valence-corrected chi connectivity index (χ0v) is 16.9. The molecule has 2 N–H and O–H groups in total. The molecule has 158 valence electrons. The first-order chi connectivity index (χ1) is 14.1. The normalized spacial score (nSPS) is 16.3. The van der Waals surface area contributed by atoms with Crippen molar-refractivity contribution in [2.45, 2.75) is 25.3 Å². The number of carbonyl (C=O) groups excluding carboxylic acids is 1. The molecule has 0 aromatic heterocycles. The maximum Gasteiger partial charge on any atom is 0.303 e. The molecule has 1 amide bonds. The van der Waals surface area contributed by atoms with Gasteiger partial charge in [-0.1, -0.05) is 24.3 Å². The molecule has 0 aliphatic carbocycles. The number of sulfonamides is 1. The van der Waals surface area contributed by atoms with Gasteiger partial charge in [-0.25, -0.2) is 17.8 Å². The highest BCUT2D eigenvalue weighted by atomic mass is 32.2. The first-order valence-corrected chi connectivity index (χ1v) is 11.0. The number of nitrogens with one attached hydrogen (secondary N) is 1. The molecule has 0 unspecified atom stereocenters. The number of benzene rings is 2. The van der Waals surface area contributed by atoms with Gasteiger partial charge in [0.2, 0.25) is 15.9 Å². The SMILES string of the molecule is CS(=O)(=O)Nc1cccc(C2=NN(C(=O)CCC(=O)O)[C@@H](c3ccc(F)cc3)C2)c1. The minimum atomic E-state index is -3.46. The van der Waals surface area contributed by atoms with Crippen LogP contribution in [0, 0.1) is 5.82 Å². The average Bonchev–Trinajstić information content (AvgIpc) is 3.11. The third kappa shape index (κ3) is 5.41. The fourth-order valence-corrected chi connectivity index (χ4v) is 3.72. The van der Waals surface area contributed by atoms with Gasteiger partial charge in [0.1, 0.15) is 5.82 Å². The fraction of sp³-hybridized carbons (Fsp3) is 0.250. The van der Waals surface area contributed by atoms with E-state index in [1.807, 2.05) is 0 Å². The van der Waals surface area contributed by atoms with E-state index in [0.717, 1.165) is 6.26 Å². The minimum absolute atomic E-state index is 0.223. The van der Waals surface area contributed by atoms with Crippen LogP contribution in [0.4, 0.5) is 10.1 Å². The summed E-state index contributed by atoms with van der Waals surface area (Å²) in [5, 5.41) is 14.5. The van der Waals surface area contributed by atoms with Crippen molar-refractivity contribution in [1.82, 2.24) is 5.01 Å². The van der Waals surface area contributed by atoms with Crippen molar-refractivity contribution < 1.29 is 27.5 Å². The van der Waals surface area contributed by atoms with E-state index in [4.69, 9.17) is 5.11 Å². The van der Waals surface area contributed by atoms with Gasteiger partial charge in [-0.15, -0.1) is 0 Å². The Kier molecular flexibility index (Phi) is 6.16. The van der Waals surface area contributed by atoms with Crippen LogP contribution in [-0.2, 0) is 19.6 Å². The van der Waals surface area contributed by atoms with Gasteiger partial charge >= 0.3 is 5.97 Å². The molecule has 0 saturated carbocycles. The van der Waals surface area contributed by atoms with Crippen LogP contribution >= 0.6 is 0 Å². The van der Waals surface area contributed by atoms with Crippen molar-refractivity contribution in [3.8, 4) is 0 Å². The molecule has 0 bridgehead atoms. The fourth-order valence-electron chi connectivity index (χ4n) is 3.16. The average molecular weight is 433 g/mol. The third-order valence-electron chi connectivity index (χ3n) is 4.47. The van der Waals surface area contributed by atoms with Gasteiger partial charge in [0.05, 0.1) is 24.4 Å². The molecule has 2 aromatic rings. The number of aliphatic carboxylic acids is 1. The van der Waals surface area contributed by atoms with Gasteiger partial charge in [-0.2, -0.15) is 5.10 Å². The summed E-state index contributed by atoms with van der Waals surface area (Å²) < 4.78 is 38.7. The standard InChI is InChI=1S/C20H20FN3O5S/c1-30(28,29)23-16-4-2-3-14(11-16)17-12-18(13-5-7-15(21)8-6-13)24(22-17)19(25)9-10-20(26)27/h2-8,11,18,23H,9-10,12H2,1H3,(H,26,27)/t18-/m1/s1. The van der Waals surface area contributed by atoms with Crippen LogP contribution in [0.15, 0.2) is 53.6 Å². The summed E-state index contributed by atoms with van der Waals surface area (Å²) in [6.07, 6.45) is 0.802. The number of halogens is 1. The van der Waals surface area contributed by atoms with Gasteiger partial charge in [0, 0.05) is 18.5 Å². The predicted molar refractivity (Wildman–Crippen MR) is 109 cm³/mol. The zero-order chi connectivity index (χ0) is 21.9. The lowest BCUT2D eigenvalue weighted by molar-refractivity contribution is -0.141. The van der Waals surface area contributed by atoms with Crippen molar-refractivity contribution in [2.24, 2.45) is 5.10 Å². The number of hydrogen-bond acceptors (Lipinski definition) is 5. The Hall–Kier alpha value is -3.27. The highest BCUT2D eigenvalue weighted by Gasteiger charge is 2.33. The molecule has 3 rings (SSSR count). The maximum atomic E-state index is 13.3. The van der Waals surface area contributed by atoms with Gasteiger partial charge < -0.3 is 5.11 Å². The molecule has 1 atom stereocenters. The van der Waals surface area contributed by atoms with E-state index in [1.54, 1.807) is 36.4 Å². The van der Waals surface area contributed by atoms with E-state index in [2.05, 4.69) is 9.82 Å². The highest BCUT2D eigenvalue weighted by Crippen LogP contribution is 2.34. The molecule has 10 heteroatoms. The van der Waals surface area contributed by atoms with Crippen LogP contribution in [0.5, 0.6) is 0 Å². The number of carboxylic acid groups (broad SMARTS) is 1. The van der Waals surface area contributed by atoms with E-state index in [0.29, 0.717) is 28.9 Å². The quantitative estimate of drug-likeness (QED) is 0.697. The van der Waals surface area contributed by atoms with Crippen LogP contribution in [0.2, 0.25) is 0 Å². The summed E-state index contributed by atoms with van der Waals surface area (Å²) >= 11 is 0. The summed E-state index contributed by atoms with van der Waals surface area (Å²) in [6.45, 7) is 0. The summed E-state index contributed by atoms with van der Waals surface area (Å²) in [6, 6.07) is 11.7. The summed E-state index contributed by atoms with van der Waals surface area (Å²) in [4.78, 5) is 23.5. The van der Waals surface area contributed by atoms with E-state index in [1.165, 1.54) is 17.1 Å². The number of carbonyl (C=O) groups is 2. The van der Waals surface area contributed by atoms with Crippen LogP contribution < -0.4 is 4.72 Å². The second-order valence-corrected chi connectivity index (χ2v) is 8.65. The third-order valence-corrected chi connectivity index (χ3v) is 5.08. The summed E-state index contributed by atoms with van der Waals surface area (Å²) in [7, 11) is -3.46. The molecule has 0 spiro atoms. The Morgan fingerprint density at radius 1 is 1.20 bits per heavy atom. The Morgan fingerprint density at radius 2 is 1.90 bits per heavy atom. The Bertz CT molecular complexity index is 1100. The van der Waals surface area contributed by atoms with E-state index in [9.17, 15) is 22.4 Å². The van der Waals surface area contributed by atoms with Crippen LogP contribution in [0.1, 0.15) is 36.4 Å². The lowest BCUT2D eigenvalue weighted by atomic mass is 9.98. The van der Waals surface area contributed by atoms with E-state index < -0.39 is 33.8 Å². The molecule has 2 aromatic carbocycles. The molecular formula is C20H20FN3O5S. The molecule has 1 aliphatic rings. The predicted octanol–water partition coefficient (Wildman–Crippen LogP) is 2.74. The Labute approximate surface area is 173 Å². The van der Waals surface area contributed by atoms with Gasteiger partial charge in [-0.3, -0.25) is 14.3 Å². The lowest BCUT2D eigenvalue weighted by Gasteiger charge is -2.21. The number of hydrazone groups is 1. The van der Waals surface area contributed by atoms with Crippen molar-refractivity contribution in [2.75, 3.05) is 11.0 Å². The number of nitrogens with zero attached hydrogens (tertiary/aromatic N) is 2. The lowest BCUT2D eigenvalue weighted by Crippen LogP contribution is -2.27. The second-order valence-electron chi connectivity index (χ2n) is 6.91. The Morgan fingerprint density at radius 3 is 2.53 bits per heavy atom. The molecule has 1 aliphatic heterocycles. The number of anilines is 1. The molecule has 0 saturated heterocycles. The van der Waals surface area contributed by atoms with Crippen LogP contribution in [-0.4, -0.2) is 42.4 Å². The minimum Gasteiger partial charge on any atom is -0.481 e. The van der Waals surface area contributed by atoms with E-state index in [-0.39, 0.29) is 12.8 Å². The van der Waals surface area contributed by atoms with Crippen molar-refractivity contribution >= 4 is 33.3 Å². The Balaban J connectivity index is 1.92. The molecule has 8 nitrogen and oxygen atoms in total. The molecule has 0 fully saturated rings.